The number of amides is 1. The molecule has 8 heteroatoms. The van der Waals surface area contributed by atoms with Gasteiger partial charge < -0.3 is 33.7 Å². The Hall–Kier alpha value is -4.59. The van der Waals surface area contributed by atoms with Crippen molar-refractivity contribution in [2.75, 3.05) is 48.0 Å². The van der Waals surface area contributed by atoms with Gasteiger partial charge in [-0.25, -0.2) is 0 Å². The van der Waals surface area contributed by atoms with E-state index in [0.29, 0.717) is 40.2 Å². The first kappa shape index (κ1) is 27.0. The smallest absolute Gasteiger partial charge is 0.248 e. The fraction of sp³-hybridized carbons (Fsp3) is 0.207. The lowest BCUT2D eigenvalue weighted by Crippen LogP contribution is -2.08. The summed E-state index contributed by atoms with van der Waals surface area (Å²) in [6.45, 7) is 0. The second-order valence-corrected chi connectivity index (χ2v) is 7.66. The summed E-state index contributed by atoms with van der Waals surface area (Å²) in [7, 11) is 9.32. The molecule has 0 heterocycles. The third-order valence-corrected chi connectivity index (χ3v) is 5.48. The van der Waals surface area contributed by atoms with Crippen LogP contribution < -0.4 is 33.7 Å². The molecule has 0 saturated carbocycles. The van der Waals surface area contributed by atoms with Crippen molar-refractivity contribution in [3.8, 4) is 34.5 Å². The van der Waals surface area contributed by atoms with Crippen molar-refractivity contribution in [2.24, 2.45) is 0 Å². The predicted molar refractivity (Wildman–Crippen MR) is 145 cm³/mol. The molecular weight excluding hydrogens is 474 g/mol. The zero-order chi connectivity index (χ0) is 26.8. The Morgan fingerprint density at radius 3 is 1.54 bits per heavy atom. The van der Waals surface area contributed by atoms with E-state index in [-0.39, 0.29) is 5.91 Å². The molecule has 0 aromatic heterocycles. The fourth-order valence-corrected chi connectivity index (χ4v) is 3.68. The molecule has 0 aliphatic heterocycles. The van der Waals surface area contributed by atoms with Gasteiger partial charge in [0.25, 0.3) is 0 Å². The van der Waals surface area contributed by atoms with Crippen LogP contribution in [0, 0.1) is 0 Å². The van der Waals surface area contributed by atoms with Crippen LogP contribution in [-0.2, 0) is 4.79 Å². The molecule has 0 spiro atoms. The molecule has 0 fully saturated rings. The quantitative estimate of drug-likeness (QED) is 0.270. The minimum absolute atomic E-state index is 0.289. The summed E-state index contributed by atoms with van der Waals surface area (Å²) in [6, 6.07) is 14.7. The van der Waals surface area contributed by atoms with Gasteiger partial charge in [-0.05, 0) is 53.1 Å². The number of rotatable bonds is 11. The van der Waals surface area contributed by atoms with E-state index in [1.807, 2.05) is 48.6 Å². The van der Waals surface area contributed by atoms with Crippen LogP contribution in [0.15, 0.2) is 54.6 Å². The highest BCUT2D eigenvalue weighted by molar-refractivity contribution is 6.03. The first-order valence-corrected chi connectivity index (χ1v) is 11.3. The molecule has 0 atom stereocenters. The van der Waals surface area contributed by atoms with Crippen molar-refractivity contribution >= 4 is 29.8 Å². The van der Waals surface area contributed by atoms with E-state index < -0.39 is 0 Å². The third kappa shape index (κ3) is 6.55. The number of ether oxygens (including phenoxy) is 6. The van der Waals surface area contributed by atoms with Crippen LogP contribution in [0.3, 0.4) is 0 Å². The predicted octanol–water partition coefficient (Wildman–Crippen LogP) is 5.56. The lowest BCUT2D eigenvalue weighted by Gasteiger charge is -2.13. The number of carbonyl (C=O) groups excluding carboxylic acids is 1. The summed E-state index contributed by atoms with van der Waals surface area (Å²) in [4.78, 5) is 12.7. The highest BCUT2D eigenvalue weighted by atomic mass is 16.5. The Bertz CT molecular complexity index is 1250. The summed E-state index contributed by atoms with van der Waals surface area (Å²) in [5.41, 5.74) is 3.05. The number of para-hydroxylation sites is 1. The molecule has 3 aromatic carbocycles. The highest BCUT2D eigenvalue weighted by Crippen LogP contribution is 2.39. The molecule has 0 bridgehead atoms. The third-order valence-electron chi connectivity index (χ3n) is 5.48. The first-order valence-electron chi connectivity index (χ1n) is 11.3. The van der Waals surface area contributed by atoms with E-state index in [0.717, 1.165) is 16.7 Å². The number of carbonyl (C=O) groups is 1. The number of hydrogen-bond donors (Lipinski definition) is 1. The average molecular weight is 506 g/mol. The van der Waals surface area contributed by atoms with E-state index in [1.54, 1.807) is 53.8 Å². The lowest BCUT2D eigenvalue weighted by atomic mass is 10.1. The Morgan fingerprint density at radius 2 is 1.08 bits per heavy atom. The van der Waals surface area contributed by atoms with Gasteiger partial charge in [-0.1, -0.05) is 30.4 Å². The summed E-state index contributed by atoms with van der Waals surface area (Å²) in [5.74, 6) is 2.84. The molecule has 1 amide bonds. The molecular formula is C29H31NO7. The number of anilines is 1. The minimum Gasteiger partial charge on any atom is -0.493 e. The van der Waals surface area contributed by atoms with Crippen molar-refractivity contribution in [1.82, 2.24) is 0 Å². The zero-order valence-corrected chi connectivity index (χ0v) is 21.8. The van der Waals surface area contributed by atoms with Crippen molar-refractivity contribution in [3.63, 3.8) is 0 Å². The van der Waals surface area contributed by atoms with Crippen molar-refractivity contribution in [2.45, 2.75) is 0 Å². The van der Waals surface area contributed by atoms with Crippen molar-refractivity contribution in [3.05, 3.63) is 71.3 Å². The molecule has 0 aliphatic rings. The van der Waals surface area contributed by atoms with Crippen LogP contribution in [0.2, 0.25) is 0 Å². The molecule has 8 nitrogen and oxygen atoms in total. The van der Waals surface area contributed by atoms with Crippen LogP contribution in [0.5, 0.6) is 34.5 Å². The number of nitrogens with one attached hydrogen (secondary N) is 1. The molecule has 37 heavy (non-hydrogen) atoms. The number of hydrogen-bond acceptors (Lipinski definition) is 7. The highest BCUT2D eigenvalue weighted by Gasteiger charge is 2.13. The summed E-state index contributed by atoms with van der Waals surface area (Å²) < 4.78 is 32.3. The maximum atomic E-state index is 12.7. The molecule has 1 N–H and O–H groups in total. The van der Waals surface area contributed by atoms with Gasteiger partial charge in [0.1, 0.15) is 0 Å². The van der Waals surface area contributed by atoms with Gasteiger partial charge in [-0.3, -0.25) is 4.79 Å². The zero-order valence-electron chi connectivity index (χ0n) is 21.8. The summed E-state index contributed by atoms with van der Waals surface area (Å²) in [5, 5.41) is 2.93. The van der Waals surface area contributed by atoms with Gasteiger partial charge >= 0.3 is 0 Å². The maximum absolute atomic E-state index is 12.7. The van der Waals surface area contributed by atoms with E-state index in [2.05, 4.69) is 5.32 Å². The van der Waals surface area contributed by atoms with E-state index in [4.69, 9.17) is 28.4 Å². The van der Waals surface area contributed by atoms with Crippen molar-refractivity contribution in [1.29, 1.82) is 0 Å². The average Bonchev–Trinajstić information content (AvgIpc) is 2.94. The van der Waals surface area contributed by atoms with E-state index >= 15 is 0 Å². The second kappa shape index (κ2) is 12.9. The molecule has 0 aliphatic carbocycles. The SMILES string of the molecule is COc1cc(/C=C/C(=O)Nc2ccccc2/C=C/c2cc(OC)c(OC)c(OC)c2)cc(OC)c1OC. The van der Waals surface area contributed by atoms with Gasteiger partial charge in [-0.2, -0.15) is 0 Å². The Balaban J connectivity index is 1.81. The monoisotopic (exact) mass is 505 g/mol. The van der Waals surface area contributed by atoms with Gasteiger partial charge in [0.05, 0.1) is 42.7 Å². The standard InChI is InChI=1S/C29H31NO7/c1-32-23-15-19(16-24(33-2)28(23)36-5)11-13-21-9-7-8-10-22(21)30-27(31)14-12-20-17-25(34-3)29(37-6)26(18-20)35-4/h7-18H,1-6H3,(H,30,31)/b13-11+,14-12+. The van der Waals surface area contributed by atoms with E-state index in [9.17, 15) is 4.79 Å². The maximum Gasteiger partial charge on any atom is 0.248 e. The van der Waals surface area contributed by atoms with Crippen LogP contribution in [0.1, 0.15) is 16.7 Å². The van der Waals surface area contributed by atoms with E-state index in [1.165, 1.54) is 13.2 Å². The molecule has 0 radical (unpaired) electrons. The molecule has 194 valence electrons. The van der Waals surface area contributed by atoms with Gasteiger partial charge in [0.2, 0.25) is 17.4 Å². The molecule has 3 aromatic rings. The Labute approximate surface area is 217 Å². The number of methoxy groups -OCH3 is 6. The van der Waals surface area contributed by atoms with Crippen molar-refractivity contribution < 1.29 is 33.2 Å². The summed E-state index contributed by atoms with van der Waals surface area (Å²) in [6.07, 6.45) is 6.93. The van der Waals surface area contributed by atoms with Gasteiger partial charge in [0, 0.05) is 11.8 Å². The summed E-state index contributed by atoms with van der Waals surface area (Å²) >= 11 is 0. The lowest BCUT2D eigenvalue weighted by molar-refractivity contribution is -0.111. The molecule has 3 rings (SSSR count). The Morgan fingerprint density at radius 1 is 0.622 bits per heavy atom. The number of benzene rings is 3. The Kier molecular flexibility index (Phi) is 9.43. The molecule has 0 unspecified atom stereocenters. The second-order valence-electron chi connectivity index (χ2n) is 7.66. The normalized spacial score (nSPS) is 10.9. The van der Waals surface area contributed by atoms with Gasteiger partial charge in [-0.15, -0.1) is 0 Å². The van der Waals surface area contributed by atoms with Crippen LogP contribution in [0.25, 0.3) is 18.2 Å². The van der Waals surface area contributed by atoms with Crippen LogP contribution in [-0.4, -0.2) is 48.6 Å². The first-order chi connectivity index (χ1) is 18.0. The van der Waals surface area contributed by atoms with Crippen LogP contribution >= 0.6 is 0 Å². The largest absolute Gasteiger partial charge is 0.493 e. The minimum atomic E-state index is -0.289. The fourth-order valence-electron chi connectivity index (χ4n) is 3.68. The van der Waals surface area contributed by atoms with Gasteiger partial charge in [0.15, 0.2) is 23.0 Å². The van der Waals surface area contributed by atoms with Crippen LogP contribution in [0.4, 0.5) is 5.69 Å². The molecule has 0 saturated heterocycles. The topological polar surface area (TPSA) is 84.5 Å².